The molecule has 1 aromatic rings. The summed E-state index contributed by atoms with van der Waals surface area (Å²) in [6.07, 6.45) is 3.41. The number of benzene rings is 1. The molecule has 112 valence electrons. The maximum atomic E-state index is 9.09. The molecular weight excluding hydrogens is 254 g/mol. The first-order valence-corrected chi connectivity index (χ1v) is 7.58. The largest absolute Gasteiger partial charge is 0.491 e. The van der Waals surface area contributed by atoms with E-state index in [1.165, 1.54) is 30.4 Å². The second-order valence-electron chi connectivity index (χ2n) is 5.41. The maximum absolute atomic E-state index is 9.09. The molecule has 0 saturated carbocycles. The molecule has 0 saturated heterocycles. The van der Waals surface area contributed by atoms with Crippen LogP contribution in [0.1, 0.15) is 24.5 Å². The van der Waals surface area contributed by atoms with Crippen LogP contribution < -0.4 is 10.1 Å². The minimum Gasteiger partial charge on any atom is -0.491 e. The van der Waals surface area contributed by atoms with Crippen molar-refractivity contribution in [2.24, 2.45) is 0 Å². The fourth-order valence-electron chi connectivity index (χ4n) is 2.48. The molecule has 0 unspecified atom stereocenters. The molecule has 0 bridgehead atoms. The van der Waals surface area contributed by atoms with Crippen LogP contribution in [0.3, 0.4) is 0 Å². The van der Waals surface area contributed by atoms with Crippen LogP contribution in [0, 0.1) is 0 Å². The van der Waals surface area contributed by atoms with Gasteiger partial charge in [0, 0.05) is 0 Å². The smallest absolute Gasteiger partial charge is 0.119 e. The number of fused-ring (bicyclic) bond motifs is 1. The predicted molar refractivity (Wildman–Crippen MR) is 78.1 cm³/mol. The number of nitrogens with two attached hydrogens (primary N) is 1. The molecule has 1 aliphatic carbocycles. The summed E-state index contributed by atoms with van der Waals surface area (Å²) >= 11 is 0. The van der Waals surface area contributed by atoms with Gasteiger partial charge in [0.25, 0.3) is 0 Å². The van der Waals surface area contributed by atoms with Crippen LogP contribution in [-0.4, -0.2) is 44.1 Å². The van der Waals surface area contributed by atoms with Gasteiger partial charge in [0.15, 0.2) is 0 Å². The van der Waals surface area contributed by atoms with Crippen LogP contribution in [0.4, 0.5) is 0 Å². The summed E-state index contributed by atoms with van der Waals surface area (Å²) in [7, 11) is 0. The number of rotatable bonds is 9. The van der Waals surface area contributed by atoms with Crippen molar-refractivity contribution in [2.75, 3.05) is 32.9 Å². The second-order valence-corrected chi connectivity index (χ2v) is 5.41. The predicted octanol–water partition coefficient (Wildman–Crippen LogP) is 0.515. The van der Waals surface area contributed by atoms with E-state index in [1.807, 2.05) is 0 Å². The third-order valence-electron chi connectivity index (χ3n) is 3.54. The molecule has 1 aromatic carbocycles. The lowest BCUT2D eigenvalue weighted by atomic mass is 10.1. The maximum Gasteiger partial charge on any atom is 0.119 e. The third kappa shape index (κ3) is 5.12. The van der Waals surface area contributed by atoms with Gasteiger partial charge in [0.1, 0.15) is 18.9 Å². The zero-order chi connectivity index (χ0) is 14.2. The van der Waals surface area contributed by atoms with Crippen molar-refractivity contribution in [1.29, 1.82) is 0 Å². The molecule has 0 aromatic heterocycles. The lowest BCUT2D eigenvalue weighted by Gasteiger charge is -2.09. The Labute approximate surface area is 121 Å². The number of quaternary nitrogens is 1. The van der Waals surface area contributed by atoms with E-state index in [0.29, 0.717) is 19.8 Å². The zero-order valence-electron chi connectivity index (χ0n) is 12.3. The topological polar surface area (TPSA) is 55.3 Å². The molecule has 0 spiro atoms. The van der Waals surface area contributed by atoms with Gasteiger partial charge in [0.2, 0.25) is 0 Å². The fraction of sp³-hybridized carbons (Fsp3) is 0.625. The molecule has 0 fully saturated rings. The monoisotopic (exact) mass is 280 g/mol. The summed E-state index contributed by atoms with van der Waals surface area (Å²) < 4.78 is 11.2. The third-order valence-corrected chi connectivity index (χ3v) is 3.54. The number of aryl methyl sites for hydroxylation is 2. The Kier molecular flexibility index (Phi) is 6.30. The molecule has 0 aliphatic heterocycles. The average Bonchev–Trinajstić information content (AvgIpc) is 2.89. The van der Waals surface area contributed by atoms with E-state index in [9.17, 15) is 0 Å². The van der Waals surface area contributed by atoms with Crippen LogP contribution in [0.5, 0.6) is 5.75 Å². The summed E-state index contributed by atoms with van der Waals surface area (Å²) in [6, 6.07) is 6.41. The van der Waals surface area contributed by atoms with Gasteiger partial charge in [-0.1, -0.05) is 6.07 Å². The van der Waals surface area contributed by atoms with Gasteiger partial charge in [-0.05, 0) is 49.4 Å². The molecule has 1 atom stereocenters. The lowest BCUT2D eigenvalue weighted by Crippen LogP contribution is -2.87. The van der Waals surface area contributed by atoms with Gasteiger partial charge < -0.3 is 19.9 Å². The van der Waals surface area contributed by atoms with E-state index < -0.39 is 0 Å². The van der Waals surface area contributed by atoms with E-state index in [1.54, 1.807) is 6.92 Å². The first-order chi connectivity index (χ1) is 9.75. The Morgan fingerprint density at radius 1 is 1.20 bits per heavy atom. The van der Waals surface area contributed by atoms with Crippen LogP contribution in [0.25, 0.3) is 0 Å². The first-order valence-electron chi connectivity index (χ1n) is 7.58. The zero-order valence-corrected chi connectivity index (χ0v) is 12.3. The molecule has 3 N–H and O–H groups in total. The van der Waals surface area contributed by atoms with Crippen molar-refractivity contribution in [1.82, 2.24) is 0 Å². The van der Waals surface area contributed by atoms with Crippen molar-refractivity contribution in [3.8, 4) is 5.75 Å². The summed E-state index contributed by atoms with van der Waals surface area (Å²) in [5.41, 5.74) is 2.92. The van der Waals surface area contributed by atoms with Gasteiger partial charge >= 0.3 is 0 Å². The number of aliphatic hydroxyl groups excluding tert-OH is 1. The summed E-state index contributed by atoms with van der Waals surface area (Å²) in [5, 5.41) is 11.2. The van der Waals surface area contributed by atoms with E-state index in [4.69, 9.17) is 14.6 Å². The van der Waals surface area contributed by atoms with E-state index in [-0.39, 0.29) is 6.10 Å². The van der Waals surface area contributed by atoms with Gasteiger partial charge in [0.05, 0.1) is 25.9 Å². The fourth-order valence-corrected chi connectivity index (χ4v) is 2.48. The highest BCUT2D eigenvalue weighted by Gasteiger charge is 2.10. The minimum absolute atomic E-state index is 0.252. The number of hydrogen-bond donors (Lipinski definition) is 2. The van der Waals surface area contributed by atoms with Crippen molar-refractivity contribution < 1.29 is 19.9 Å². The molecule has 0 amide bonds. The average molecular weight is 280 g/mol. The Morgan fingerprint density at radius 2 is 2.05 bits per heavy atom. The Hall–Kier alpha value is -1.10. The summed E-state index contributed by atoms with van der Waals surface area (Å²) in [5.74, 6) is 0.954. The van der Waals surface area contributed by atoms with Crippen LogP contribution in [-0.2, 0) is 17.6 Å². The van der Waals surface area contributed by atoms with E-state index >= 15 is 0 Å². The summed E-state index contributed by atoms with van der Waals surface area (Å²) in [6.45, 7) is 5.30. The van der Waals surface area contributed by atoms with E-state index in [2.05, 4.69) is 23.5 Å². The molecule has 4 nitrogen and oxygen atoms in total. The van der Waals surface area contributed by atoms with Gasteiger partial charge in [-0.15, -0.1) is 0 Å². The highest BCUT2D eigenvalue weighted by molar-refractivity contribution is 5.38. The Morgan fingerprint density at radius 3 is 2.90 bits per heavy atom. The molecule has 2 rings (SSSR count). The Balaban J connectivity index is 1.53. The van der Waals surface area contributed by atoms with Crippen LogP contribution in [0.15, 0.2) is 18.2 Å². The highest BCUT2D eigenvalue weighted by atomic mass is 16.5. The number of aliphatic hydroxyl groups is 1. The van der Waals surface area contributed by atoms with Crippen molar-refractivity contribution >= 4 is 0 Å². The SMILES string of the molecule is C[C@H](O)C[NH2+]CCOCCOc1ccc2c(c1)CCC2. The highest BCUT2D eigenvalue weighted by Crippen LogP contribution is 2.25. The quantitative estimate of drug-likeness (QED) is 0.648. The Bertz CT molecular complexity index is 407. The van der Waals surface area contributed by atoms with Crippen LogP contribution in [0.2, 0.25) is 0 Å². The van der Waals surface area contributed by atoms with Gasteiger partial charge in [-0.2, -0.15) is 0 Å². The molecule has 0 heterocycles. The van der Waals surface area contributed by atoms with Crippen molar-refractivity contribution in [2.45, 2.75) is 32.3 Å². The molecule has 20 heavy (non-hydrogen) atoms. The van der Waals surface area contributed by atoms with Crippen molar-refractivity contribution in [3.63, 3.8) is 0 Å². The summed E-state index contributed by atoms with van der Waals surface area (Å²) in [4.78, 5) is 0. The first kappa shape index (κ1) is 15.3. The molecular formula is C16H26NO3+. The molecule has 4 heteroatoms. The van der Waals surface area contributed by atoms with Crippen LogP contribution >= 0.6 is 0 Å². The van der Waals surface area contributed by atoms with E-state index in [0.717, 1.165) is 18.8 Å². The normalized spacial score (nSPS) is 15.1. The number of hydrogen-bond acceptors (Lipinski definition) is 3. The van der Waals surface area contributed by atoms with Crippen molar-refractivity contribution in [3.05, 3.63) is 29.3 Å². The second kappa shape index (κ2) is 8.25. The lowest BCUT2D eigenvalue weighted by molar-refractivity contribution is -0.661. The minimum atomic E-state index is -0.252. The number of ether oxygens (including phenoxy) is 2. The van der Waals surface area contributed by atoms with Gasteiger partial charge in [-0.3, -0.25) is 0 Å². The molecule has 1 aliphatic rings. The van der Waals surface area contributed by atoms with Gasteiger partial charge in [-0.25, -0.2) is 0 Å². The molecule has 0 radical (unpaired) electrons. The standard InChI is InChI=1S/C16H25NO3/c1-13(18)12-17-7-8-19-9-10-20-16-6-5-14-3-2-4-15(14)11-16/h5-6,11,13,17-18H,2-4,7-10,12H2,1H3/p+1/t13-/m0/s1.